The molecule has 8 bridgehead atoms. The van der Waals surface area contributed by atoms with Crippen molar-refractivity contribution in [1.29, 1.82) is 0 Å². The minimum absolute atomic E-state index is 0.0133. The molecule has 22 heterocycles. The van der Waals surface area contributed by atoms with Crippen LogP contribution >= 0.6 is 76.2 Å². The summed E-state index contributed by atoms with van der Waals surface area (Å²) in [6.45, 7) is -28.3. The minimum Gasteiger partial charge on any atom is -0.389 e. The average Bonchev–Trinajstić information content (AvgIpc) is 1.55. The number of nitrogens with one attached hydrogen (secondary N) is 3. The van der Waals surface area contributed by atoms with Gasteiger partial charge >= 0.3 is 40.4 Å². The van der Waals surface area contributed by atoms with E-state index >= 15 is 8.78 Å². The van der Waals surface area contributed by atoms with Crippen molar-refractivity contribution in [2.24, 2.45) is 0 Å². The molecule has 75 heteroatoms. The Balaban J connectivity index is 0.000000126. The van der Waals surface area contributed by atoms with Gasteiger partial charge in [0.2, 0.25) is 17.8 Å². The van der Waals surface area contributed by atoms with Crippen LogP contribution in [0.5, 0.6) is 0 Å². The second-order valence-electron chi connectivity index (χ2n) is 31.0. The second-order valence-corrected chi connectivity index (χ2v) is 50.6. The molecule has 0 amide bonds. The number of nitrogens with zero attached hydrogens (tertiary/aromatic N) is 21. The van der Waals surface area contributed by atoms with Gasteiger partial charge in [-0.15, -0.1) is 23.5 Å². The molecule has 730 valence electrons. The van der Waals surface area contributed by atoms with Crippen molar-refractivity contribution >= 4 is 237 Å². The summed E-state index contributed by atoms with van der Waals surface area (Å²) in [4.78, 5) is 161. The Morgan fingerprint density at radius 1 is 0.404 bits per heavy atom. The summed E-state index contributed by atoms with van der Waals surface area (Å²) in [5.74, 6) is -0.294. The number of imidazole rings is 6. The summed E-state index contributed by atoms with van der Waals surface area (Å²) in [7, 11) is 0. The second kappa shape index (κ2) is 36.4. The van der Waals surface area contributed by atoms with Crippen LogP contribution in [0.1, 0.15) is 35.7 Å². The summed E-state index contributed by atoms with van der Waals surface area (Å²) < 4.78 is 153. The van der Waals surface area contributed by atoms with Crippen LogP contribution in [-0.4, -0.2) is 311 Å². The Kier molecular flexibility index (Phi) is 25.8. The molecule has 10 saturated heterocycles. The fourth-order valence-electron chi connectivity index (χ4n) is 16.5. The first-order chi connectivity index (χ1) is 64.5. The zero-order valence-corrected chi connectivity index (χ0v) is 79.7. The Morgan fingerprint density at radius 2 is 0.750 bits per heavy atom. The lowest BCUT2D eigenvalue weighted by Crippen LogP contribution is -2.45. The molecule has 0 radical (unpaired) electrons. The number of aliphatic hydroxyl groups is 3. The number of rotatable bonds is 6. The molecule has 0 saturated carbocycles. The standard InChI is InChI=1S/C21H24N10O11P2S2.2C20H23FN10O9P2S3/c22-14-8-15(25-4-24-14)30(5-26-8)19-12-13-21(40-19,2-36-12)3-38-44(35,46)41-11-10(32)7(1-37-43(34,45)42-13)39-18(11)31-6-27-9-16(31)28-20(23)29-17(9)33;2*21-8-12-6(38-18(8)30-4-26-9-14(22)24-3-25-15(9)30)1-36-41(34,43)40-13-11(32)7(2-37-42(35,44)39-12)45-19(13)31-5-27-10-16(31)28-20(23)29-17(10)33/h4-7,10-13,18-19,32H,1-3H2,(H,34,45)(H,35,46)(H2,22,24,25)(H3,23,28,29,33);2*3-8,11-13,18-19,32H,1-2H2,(H,34,43)(H,35,44)(H2,22,24,25)(H3,23,28,29,33)/t7-,10?,11+,12+,13?,18-,19-,21-,43?,44?;6-,7-,8+,11-,12-,13?,18-,19-,41?,42?;6-,7-,8+,11-,12-,13-,18-,19-,41?,42?/m111/s1. The number of fused-ring (bicyclic) bond motifs is 14. The van der Waals surface area contributed by atoms with E-state index in [9.17, 15) is 58.7 Å². The third-order valence-electron chi connectivity index (χ3n) is 22.6. The van der Waals surface area contributed by atoms with E-state index in [2.05, 4.69) is 102 Å². The first-order valence-electron chi connectivity index (χ1n) is 39.3. The van der Waals surface area contributed by atoms with Crippen molar-refractivity contribution in [3.63, 3.8) is 0 Å². The molecule has 0 spiro atoms. The van der Waals surface area contributed by atoms with E-state index in [0.29, 0.717) is 11.2 Å². The van der Waals surface area contributed by atoms with Crippen LogP contribution in [-0.2, 0) is 142 Å². The summed E-state index contributed by atoms with van der Waals surface area (Å²) in [6, 6.07) is 0. The monoisotopic (exact) mass is 2170 g/mol. The number of H-pyrrole nitrogens is 3. The van der Waals surface area contributed by atoms with Crippen molar-refractivity contribution in [2.45, 2.75) is 143 Å². The van der Waals surface area contributed by atoms with Gasteiger partial charge in [0.15, 0.2) is 105 Å². The molecule has 30 atom stereocenters. The molecule has 12 aromatic rings. The van der Waals surface area contributed by atoms with Crippen molar-refractivity contribution in [3.8, 4) is 0 Å². The van der Waals surface area contributed by atoms with Crippen LogP contribution in [0.15, 0.2) is 71.3 Å². The van der Waals surface area contributed by atoms with Gasteiger partial charge in [0.05, 0.1) is 107 Å². The Hall–Kier alpha value is -7.11. The largest absolute Gasteiger partial charge is 0.389 e. The number of aromatic amines is 3. The molecule has 10 aliphatic rings. The number of thiol groups is 1. The van der Waals surface area contributed by atoms with Gasteiger partial charge in [-0.3, -0.25) is 88.4 Å². The van der Waals surface area contributed by atoms with Gasteiger partial charge in [-0.25, -0.2) is 73.2 Å². The maximum absolute atomic E-state index is 16.0. The summed E-state index contributed by atoms with van der Waals surface area (Å²) in [6.07, 6.45) is -14.9. The fourth-order valence-corrected chi connectivity index (χ4v) is 28.5. The highest BCUT2D eigenvalue weighted by atomic mass is 32.7. The van der Waals surface area contributed by atoms with E-state index in [1.54, 1.807) is 4.57 Å². The Bertz CT molecular complexity index is 6980. The van der Waals surface area contributed by atoms with Crippen molar-refractivity contribution in [2.75, 3.05) is 80.7 Å². The number of alkyl halides is 2. The van der Waals surface area contributed by atoms with E-state index in [0.717, 1.165) is 23.5 Å². The molecule has 0 aromatic carbocycles. The maximum Gasteiger partial charge on any atom is 0.386 e. The predicted octanol–water partition coefficient (Wildman–Crippen LogP) is -1.71. The number of hydrogen-bond acceptors (Lipinski definition) is 52. The van der Waals surface area contributed by atoms with E-state index in [4.69, 9.17) is 171 Å². The molecule has 136 heavy (non-hydrogen) atoms. The number of anilines is 6. The Morgan fingerprint density at radius 3 is 1.17 bits per heavy atom. The van der Waals surface area contributed by atoms with Gasteiger partial charge in [0.1, 0.15) is 119 Å². The summed E-state index contributed by atoms with van der Waals surface area (Å²) in [5.41, 5.74) is 32.9. The minimum atomic E-state index is -4.36. The highest BCUT2D eigenvalue weighted by Crippen LogP contribution is 2.64. The van der Waals surface area contributed by atoms with Crippen LogP contribution in [0.3, 0.4) is 0 Å². The number of nitrogen functional groups attached to an aromatic ring is 6. The third-order valence-corrected chi connectivity index (χ3v) is 35.1. The lowest BCUT2D eigenvalue weighted by Gasteiger charge is -2.33. The zero-order valence-electron chi connectivity index (χ0n) is 67.7. The summed E-state index contributed by atoms with van der Waals surface area (Å²) >= 11 is 32.6. The summed E-state index contributed by atoms with van der Waals surface area (Å²) in [5, 5.41) is 30.2. The quantitative estimate of drug-likeness (QED) is 0.0651. The normalized spacial score (nSPS) is 38.4. The van der Waals surface area contributed by atoms with E-state index in [1.807, 2.05) is 0 Å². The Labute approximate surface area is 792 Å². The van der Waals surface area contributed by atoms with Gasteiger partial charge in [-0.05, 0) is 59.0 Å². The molecule has 0 aliphatic carbocycles. The molecule has 22 rings (SSSR count). The van der Waals surface area contributed by atoms with Crippen LogP contribution in [0.4, 0.5) is 44.1 Å². The highest BCUT2D eigenvalue weighted by molar-refractivity contribution is 8.44. The number of aliphatic hydroxyl groups excluding tert-OH is 3. The van der Waals surface area contributed by atoms with E-state index in [-0.39, 0.29) is 97.7 Å². The number of ether oxygens (including phenoxy) is 5. The van der Waals surface area contributed by atoms with Crippen molar-refractivity contribution < 1.29 is 131 Å². The van der Waals surface area contributed by atoms with E-state index in [1.165, 1.54) is 79.8 Å². The SMILES string of the molecule is Nc1nc2c(ncn2[C@@H]2O[C@@H]3COP(O)(=S)OC4[C@@H]5OC[C@]4(COP(=O)(S)O[C@H]2C3O)O[C@H]5n2cnc3c(N)ncnc32)c(=O)[nH]1.Nc1nc2c(ncn2[C@@H]2S[C@@H]3COP(O)(=S)O[C@H]4[C@H](F)[C@H](n5cnc6c(N)ncnc65)O[C@@H]4COP(O)(=S)OC2[C@@H]3O)c(=O)[nH]1.Nc1nc2c(ncn2[C@@H]2S[C@@H]3COP(O)(=S)O[C@H]4[C@H](F)[C@H](n5cnc6c(N)ncnc65)O[C@@H]4COP(O)(=S)O[C@@H]2[C@@H]3O)c(=O)[nH]1. The number of hydrogen-bond donors (Lipinski definition) is 18. The van der Waals surface area contributed by atoms with Gasteiger partial charge in [0.25, 0.3) is 16.7 Å². The number of aromatic nitrogens is 24. The van der Waals surface area contributed by atoms with Gasteiger partial charge < -0.3 is 120 Å². The van der Waals surface area contributed by atoms with Gasteiger partial charge in [0, 0.05) is 0 Å². The molecular weight excluding hydrogens is 2100 g/mol. The number of nitrogens with two attached hydrogens (primary N) is 6. The van der Waals surface area contributed by atoms with Crippen molar-refractivity contribution in [1.82, 2.24) is 117 Å². The van der Waals surface area contributed by atoms with Crippen LogP contribution in [0.2, 0.25) is 0 Å². The lowest BCUT2D eigenvalue weighted by atomic mass is 10.0. The van der Waals surface area contributed by atoms with Gasteiger partial charge in [-0.1, -0.05) is 12.2 Å². The third kappa shape index (κ3) is 18.1. The van der Waals surface area contributed by atoms with Crippen LogP contribution < -0.4 is 51.1 Å². The fraction of sp³-hybridized carbons (Fsp3) is 0.508. The molecule has 23 N–H and O–H groups in total. The maximum atomic E-state index is 16.0. The molecule has 9 unspecified atom stereocenters. The molecule has 59 nitrogen and oxygen atoms in total. The van der Waals surface area contributed by atoms with Gasteiger partial charge in [-0.2, -0.15) is 15.0 Å². The molecule has 12 aromatic heterocycles. The topological polar surface area (TPSA) is 813 Å². The first kappa shape index (κ1) is 96.4. The van der Waals surface area contributed by atoms with Crippen LogP contribution in [0, 0.1) is 0 Å². The lowest BCUT2D eigenvalue weighted by molar-refractivity contribution is -0.183. The smallest absolute Gasteiger partial charge is 0.386 e. The molecule has 10 aliphatic heterocycles. The highest BCUT2D eigenvalue weighted by Gasteiger charge is 2.66. The first-order valence-corrected chi connectivity index (χ1v) is 56.8. The average molecular weight is 2170 g/mol. The van der Waals surface area contributed by atoms with E-state index < -0.39 is 240 Å². The van der Waals surface area contributed by atoms with Crippen molar-refractivity contribution in [3.05, 3.63) is 88.0 Å². The molecular formula is C61H70F2N30O29P6S8. The van der Waals surface area contributed by atoms with Crippen LogP contribution in [0.25, 0.3) is 67.0 Å². The number of thioether (sulfide) groups is 2. The zero-order chi connectivity index (χ0) is 95.8. The predicted molar refractivity (Wildman–Crippen MR) is 484 cm³/mol. The number of halogens is 2. The molecule has 10 fully saturated rings.